The summed E-state index contributed by atoms with van der Waals surface area (Å²) in [6, 6.07) is 32.1. The molecule has 3 aliphatic rings. The Morgan fingerprint density at radius 1 is 0.857 bits per heavy atom. The Morgan fingerprint density at radius 3 is 2.07 bits per heavy atom. The summed E-state index contributed by atoms with van der Waals surface area (Å²) < 4.78 is 7.43. The van der Waals surface area contributed by atoms with Crippen molar-refractivity contribution in [2.45, 2.75) is 96.2 Å². The third-order valence-corrected chi connectivity index (χ3v) is 17.7. The van der Waals surface area contributed by atoms with Crippen molar-refractivity contribution in [3.63, 3.8) is 0 Å². The lowest BCUT2D eigenvalue weighted by atomic mass is 9.68. The number of allylic oxidation sites excluding steroid dienone is 1. The number of aliphatic hydroxyl groups is 2. The molecule has 8 heteroatoms. The first kappa shape index (κ1) is 39.9. The number of hydrogen-bond donors (Lipinski definition) is 3. The highest BCUT2D eigenvalue weighted by Gasteiger charge is 2.57. The van der Waals surface area contributed by atoms with Crippen molar-refractivity contribution >= 4 is 47.4 Å². The van der Waals surface area contributed by atoms with Gasteiger partial charge >= 0.3 is 0 Å². The predicted molar refractivity (Wildman–Crippen MR) is 226 cm³/mol. The average Bonchev–Trinajstić information content (AvgIpc) is 3.46. The van der Waals surface area contributed by atoms with Crippen molar-refractivity contribution in [2.24, 2.45) is 17.8 Å². The average molecular weight is 772 g/mol. The van der Waals surface area contributed by atoms with E-state index in [1.807, 2.05) is 49.4 Å². The summed E-state index contributed by atoms with van der Waals surface area (Å²) in [4.78, 5) is 30.2. The Hall–Kier alpha value is -4.34. The fraction of sp³-hybridized carbons (Fsp3) is 0.417. The van der Waals surface area contributed by atoms with Crippen molar-refractivity contribution < 1.29 is 29.3 Å². The summed E-state index contributed by atoms with van der Waals surface area (Å²) in [6.07, 6.45) is 7.11. The monoisotopic (exact) mass is 771 g/mol. The van der Waals surface area contributed by atoms with E-state index in [2.05, 4.69) is 75.4 Å². The molecule has 1 aliphatic heterocycles. The van der Waals surface area contributed by atoms with Crippen LogP contribution in [0.15, 0.2) is 114 Å². The third-order valence-electron chi connectivity index (χ3n) is 12.7. The highest BCUT2D eigenvalue weighted by molar-refractivity contribution is 6.99. The van der Waals surface area contributed by atoms with Crippen molar-refractivity contribution in [3.05, 3.63) is 119 Å². The van der Waals surface area contributed by atoms with Crippen molar-refractivity contribution in [3.8, 4) is 5.75 Å². The zero-order valence-corrected chi connectivity index (χ0v) is 34.3. The van der Waals surface area contributed by atoms with Gasteiger partial charge in [0, 0.05) is 17.3 Å². The molecule has 0 radical (unpaired) electrons. The molecule has 4 aromatic carbocycles. The molecule has 0 bridgehead atoms. The maximum atomic E-state index is 14.4. The molecule has 1 saturated heterocycles. The van der Waals surface area contributed by atoms with Crippen LogP contribution in [-0.4, -0.2) is 65.7 Å². The number of hydrogen-bond acceptors (Lipinski definition) is 6. The molecule has 0 unspecified atom stereocenters. The van der Waals surface area contributed by atoms with Gasteiger partial charge in [-0.05, 0) is 82.6 Å². The van der Waals surface area contributed by atoms with E-state index in [0.717, 1.165) is 70.0 Å². The highest BCUT2D eigenvalue weighted by Crippen LogP contribution is 2.48. The summed E-state index contributed by atoms with van der Waals surface area (Å²) in [6.45, 7) is 8.55. The van der Waals surface area contributed by atoms with Crippen LogP contribution in [0.3, 0.4) is 0 Å². The van der Waals surface area contributed by atoms with Crippen LogP contribution in [0.2, 0.25) is 5.04 Å². The molecule has 294 valence electrons. The number of aliphatic hydroxyl groups excluding tert-OH is 2. The van der Waals surface area contributed by atoms with E-state index in [1.54, 1.807) is 11.0 Å². The number of amides is 2. The Balaban J connectivity index is 1.26. The number of fused-ring (bicyclic) bond motifs is 2. The number of likely N-dealkylation sites (tertiary alicyclic amines) is 1. The number of phenolic OH excluding ortho intramolecular Hbond substituents is 1. The van der Waals surface area contributed by atoms with Crippen molar-refractivity contribution in [2.75, 3.05) is 13.2 Å². The molecule has 2 amide bonds. The smallest absolute Gasteiger partial charge is 0.261 e. The van der Waals surface area contributed by atoms with Gasteiger partial charge in [0.25, 0.3) is 8.32 Å². The normalized spacial score (nSPS) is 21.9. The summed E-state index contributed by atoms with van der Waals surface area (Å²) >= 11 is 0. The number of benzene rings is 4. The SMILES string of the molecule is C/C(=C\c1ccc(O)c2ccccc12)CC[C@@H](O)C1=C(CO[Si](c2ccccc2)(c2ccccc2)C(C)(C)C)C[C@H]2C(=O)N(C3CCCCC3)C(=O)[C@H]2[C@H]1CO. The van der Waals surface area contributed by atoms with Crippen LogP contribution >= 0.6 is 0 Å². The Kier molecular flexibility index (Phi) is 11.8. The minimum atomic E-state index is -3.01. The van der Waals surface area contributed by atoms with Gasteiger partial charge in [0.15, 0.2) is 0 Å². The van der Waals surface area contributed by atoms with Crippen LogP contribution in [-0.2, 0) is 14.0 Å². The molecule has 3 N–H and O–H groups in total. The summed E-state index contributed by atoms with van der Waals surface area (Å²) in [7, 11) is -3.01. The van der Waals surface area contributed by atoms with E-state index >= 15 is 0 Å². The molecule has 2 fully saturated rings. The number of imide groups is 1. The molecule has 4 atom stereocenters. The fourth-order valence-corrected chi connectivity index (χ4v) is 14.6. The van der Waals surface area contributed by atoms with Gasteiger partial charge in [-0.2, -0.15) is 0 Å². The molecular formula is C48H57NO6Si. The second-order valence-electron chi connectivity index (χ2n) is 17.2. The molecule has 2 aliphatic carbocycles. The quantitative estimate of drug-likeness (QED) is 0.0769. The molecule has 7 nitrogen and oxygen atoms in total. The van der Waals surface area contributed by atoms with Gasteiger partial charge in [-0.1, -0.05) is 143 Å². The third kappa shape index (κ3) is 7.45. The lowest BCUT2D eigenvalue weighted by Crippen LogP contribution is -2.66. The first-order chi connectivity index (χ1) is 27.0. The Bertz CT molecular complexity index is 2060. The molecule has 0 spiro atoms. The second-order valence-corrected chi connectivity index (χ2v) is 21.5. The molecule has 0 aromatic heterocycles. The van der Waals surface area contributed by atoms with Crippen molar-refractivity contribution in [1.29, 1.82) is 0 Å². The standard InChI is InChI=1S/C48H57NO6Si/c1-32(28-33-25-27-42(51)39-23-15-14-22-38(33)39)24-26-43(52)44-34(29-40-45(41(44)30-50)47(54)49(46(40)53)35-16-8-5-9-17-35)31-55-56(48(2,3)4,36-18-10-6-11-19-36)37-20-12-7-13-21-37/h6-7,10-15,18-23,25,27-28,35,40-41,43,45,50-52H,5,8-9,16-17,24,26,29-31H2,1-4H3/b32-28+/t40-,41+,43-,45-/m1/s1. The number of carbonyl (C=O) groups excluding carboxylic acids is 2. The zero-order chi connectivity index (χ0) is 39.6. The van der Waals surface area contributed by atoms with Gasteiger partial charge in [0.05, 0.1) is 31.2 Å². The van der Waals surface area contributed by atoms with Gasteiger partial charge in [0.2, 0.25) is 11.8 Å². The van der Waals surface area contributed by atoms with Crippen LogP contribution in [0.25, 0.3) is 16.8 Å². The number of rotatable bonds is 12. The summed E-state index contributed by atoms with van der Waals surface area (Å²) in [5, 5.41) is 37.6. The van der Waals surface area contributed by atoms with Crippen LogP contribution in [0.1, 0.15) is 84.6 Å². The molecule has 1 saturated carbocycles. The van der Waals surface area contributed by atoms with Crippen LogP contribution in [0.4, 0.5) is 0 Å². The highest BCUT2D eigenvalue weighted by atomic mass is 28.4. The first-order valence-electron chi connectivity index (χ1n) is 20.5. The number of carbonyl (C=O) groups is 2. The lowest BCUT2D eigenvalue weighted by Gasteiger charge is -2.44. The maximum absolute atomic E-state index is 14.4. The lowest BCUT2D eigenvalue weighted by molar-refractivity contribution is -0.143. The topological polar surface area (TPSA) is 107 Å². The first-order valence-corrected chi connectivity index (χ1v) is 22.4. The summed E-state index contributed by atoms with van der Waals surface area (Å²) in [5.41, 5.74) is 3.51. The van der Waals surface area contributed by atoms with E-state index in [0.29, 0.717) is 24.8 Å². The molecule has 1 heterocycles. The Labute approximate surface area is 332 Å². The van der Waals surface area contributed by atoms with Gasteiger partial charge < -0.3 is 19.7 Å². The van der Waals surface area contributed by atoms with E-state index in [1.165, 1.54) is 0 Å². The second kappa shape index (κ2) is 16.6. The molecule has 56 heavy (non-hydrogen) atoms. The minimum Gasteiger partial charge on any atom is -0.507 e. The Morgan fingerprint density at radius 2 is 1.46 bits per heavy atom. The van der Waals surface area contributed by atoms with Crippen LogP contribution in [0.5, 0.6) is 5.75 Å². The van der Waals surface area contributed by atoms with Crippen LogP contribution < -0.4 is 10.4 Å². The summed E-state index contributed by atoms with van der Waals surface area (Å²) in [5.74, 6) is -2.11. The minimum absolute atomic E-state index is 0.109. The van der Waals surface area contributed by atoms with E-state index in [4.69, 9.17) is 4.43 Å². The van der Waals surface area contributed by atoms with E-state index in [9.17, 15) is 24.9 Å². The van der Waals surface area contributed by atoms with Gasteiger partial charge in [0.1, 0.15) is 5.75 Å². The van der Waals surface area contributed by atoms with Crippen molar-refractivity contribution in [1.82, 2.24) is 4.90 Å². The van der Waals surface area contributed by atoms with E-state index in [-0.39, 0.29) is 41.9 Å². The molecular weight excluding hydrogens is 715 g/mol. The predicted octanol–water partition coefficient (Wildman–Crippen LogP) is 7.91. The fourth-order valence-electron chi connectivity index (χ4n) is 10.1. The zero-order valence-electron chi connectivity index (χ0n) is 33.3. The van der Waals surface area contributed by atoms with Crippen LogP contribution in [0, 0.1) is 17.8 Å². The molecule has 4 aromatic rings. The van der Waals surface area contributed by atoms with Gasteiger partial charge in [-0.15, -0.1) is 0 Å². The molecule has 7 rings (SSSR count). The number of aromatic hydroxyl groups is 1. The largest absolute Gasteiger partial charge is 0.507 e. The van der Waals surface area contributed by atoms with Gasteiger partial charge in [-0.3, -0.25) is 14.5 Å². The van der Waals surface area contributed by atoms with E-state index < -0.39 is 32.2 Å². The maximum Gasteiger partial charge on any atom is 0.261 e. The van der Waals surface area contributed by atoms with Gasteiger partial charge in [-0.25, -0.2) is 0 Å². The number of phenols is 1. The number of nitrogens with zero attached hydrogens (tertiary/aromatic N) is 1.